The van der Waals surface area contributed by atoms with Gasteiger partial charge in [-0.2, -0.15) is 0 Å². The number of anilines is 1. The van der Waals surface area contributed by atoms with E-state index in [2.05, 4.69) is 33.9 Å². The van der Waals surface area contributed by atoms with Crippen LogP contribution in [0.5, 0.6) is 0 Å². The number of hydrogen-bond acceptors (Lipinski definition) is 4. The Morgan fingerprint density at radius 2 is 1.88 bits per heavy atom. The first-order valence-corrected chi connectivity index (χ1v) is 8.61. The van der Waals surface area contributed by atoms with E-state index in [0.717, 1.165) is 44.7 Å². The van der Waals surface area contributed by atoms with E-state index in [1.807, 2.05) is 30.0 Å². The highest BCUT2D eigenvalue weighted by atomic mass is 16.2. The first-order valence-electron chi connectivity index (χ1n) is 8.61. The highest BCUT2D eigenvalue weighted by Crippen LogP contribution is 2.17. The lowest BCUT2D eigenvalue weighted by Crippen LogP contribution is -2.30. The molecule has 0 unspecified atom stereocenters. The van der Waals surface area contributed by atoms with E-state index >= 15 is 0 Å². The fourth-order valence-corrected chi connectivity index (χ4v) is 3.01. The molecule has 2 heterocycles. The number of aryl methyl sites for hydroxylation is 1. The first-order chi connectivity index (χ1) is 11.7. The Morgan fingerprint density at radius 1 is 1.17 bits per heavy atom. The summed E-state index contributed by atoms with van der Waals surface area (Å²) >= 11 is 0. The van der Waals surface area contributed by atoms with Gasteiger partial charge in [0.1, 0.15) is 5.69 Å². The molecule has 1 fully saturated rings. The summed E-state index contributed by atoms with van der Waals surface area (Å²) in [5, 5.41) is 0. The van der Waals surface area contributed by atoms with E-state index in [1.165, 1.54) is 5.56 Å². The largest absolute Gasteiger partial charge is 0.337 e. The molecule has 0 radical (unpaired) electrons. The average molecular weight is 324 g/mol. The Morgan fingerprint density at radius 3 is 2.54 bits per heavy atom. The van der Waals surface area contributed by atoms with Crippen molar-refractivity contribution in [2.75, 3.05) is 24.5 Å². The van der Waals surface area contributed by atoms with Crippen molar-refractivity contribution in [2.45, 2.75) is 33.2 Å². The van der Waals surface area contributed by atoms with Gasteiger partial charge in [-0.25, -0.2) is 9.97 Å². The molecule has 0 saturated carbocycles. The fourth-order valence-electron chi connectivity index (χ4n) is 3.01. The van der Waals surface area contributed by atoms with Crippen LogP contribution < -0.4 is 4.90 Å². The van der Waals surface area contributed by atoms with E-state index in [1.54, 1.807) is 6.07 Å². The lowest BCUT2D eigenvalue weighted by atomic mass is 10.2. The van der Waals surface area contributed by atoms with Gasteiger partial charge in [-0.05, 0) is 38.3 Å². The van der Waals surface area contributed by atoms with Crippen LogP contribution in [0.25, 0.3) is 0 Å². The number of benzene rings is 1. The molecule has 1 amide bonds. The molecule has 0 N–H and O–H groups in total. The van der Waals surface area contributed by atoms with Gasteiger partial charge < -0.3 is 9.80 Å². The van der Waals surface area contributed by atoms with Crippen molar-refractivity contribution in [2.24, 2.45) is 0 Å². The molecule has 24 heavy (non-hydrogen) atoms. The molecule has 0 bridgehead atoms. The predicted molar refractivity (Wildman–Crippen MR) is 95.1 cm³/mol. The highest BCUT2D eigenvalue weighted by Gasteiger charge is 2.22. The van der Waals surface area contributed by atoms with E-state index in [9.17, 15) is 4.79 Å². The number of amides is 1. The average Bonchev–Trinajstić information content (AvgIpc) is 3.14. The molecule has 1 aromatic heterocycles. The summed E-state index contributed by atoms with van der Waals surface area (Å²) in [5.41, 5.74) is 2.54. The summed E-state index contributed by atoms with van der Waals surface area (Å²) in [5.74, 6) is 0.652. The topological polar surface area (TPSA) is 49.3 Å². The molecule has 1 aliphatic rings. The zero-order valence-corrected chi connectivity index (χ0v) is 14.4. The van der Waals surface area contributed by atoms with Crippen LogP contribution in [0.4, 0.5) is 5.95 Å². The van der Waals surface area contributed by atoms with Crippen LogP contribution in [0.15, 0.2) is 36.4 Å². The van der Waals surface area contributed by atoms with E-state index in [4.69, 9.17) is 0 Å². The molecule has 1 saturated heterocycles. The summed E-state index contributed by atoms with van der Waals surface area (Å²) in [4.78, 5) is 25.7. The lowest BCUT2D eigenvalue weighted by Gasteiger charge is -2.22. The van der Waals surface area contributed by atoms with E-state index in [0.29, 0.717) is 11.6 Å². The van der Waals surface area contributed by atoms with Gasteiger partial charge in [-0.15, -0.1) is 0 Å². The van der Waals surface area contributed by atoms with Crippen LogP contribution >= 0.6 is 0 Å². The van der Waals surface area contributed by atoms with Gasteiger partial charge in [0.2, 0.25) is 5.95 Å². The normalized spacial score (nSPS) is 14.0. The van der Waals surface area contributed by atoms with Crippen LogP contribution in [-0.4, -0.2) is 40.4 Å². The zero-order chi connectivity index (χ0) is 16.9. The fraction of sp³-hybridized carbons (Fsp3) is 0.421. The summed E-state index contributed by atoms with van der Waals surface area (Å²) in [6, 6.07) is 12.0. The van der Waals surface area contributed by atoms with Crippen molar-refractivity contribution in [1.29, 1.82) is 0 Å². The number of likely N-dealkylation sites (tertiary alicyclic amines) is 1. The number of nitrogens with zero attached hydrogens (tertiary/aromatic N) is 4. The second-order valence-electron chi connectivity index (χ2n) is 6.19. The van der Waals surface area contributed by atoms with Crippen molar-refractivity contribution < 1.29 is 4.79 Å². The van der Waals surface area contributed by atoms with E-state index < -0.39 is 0 Å². The maximum atomic E-state index is 12.6. The Balaban J connectivity index is 1.84. The number of aromatic nitrogens is 2. The molecular weight excluding hydrogens is 300 g/mol. The molecule has 0 spiro atoms. The number of carbonyl (C=O) groups excluding carboxylic acids is 1. The minimum absolute atomic E-state index is 0.0232. The summed E-state index contributed by atoms with van der Waals surface area (Å²) in [7, 11) is 0. The molecule has 5 nitrogen and oxygen atoms in total. The van der Waals surface area contributed by atoms with Crippen LogP contribution in [0.3, 0.4) is 0 Å². The minimum Gasteiger partial charge on any atom is -0.337 e. The highest BCUT2D eigenvalue weighted by molar-refractivity contribution is 5.92. The third-order valence-electron chi connectivity index (χ3n) is 4.34. The molecule has 5 heteroatoms. The molecule has 0 atom stereocenters. The quantitative estimate of drug-likeness (QED) is 0.848. The summed E-state index contributed by atoms with van der Waals surface area (Å²) in [6.07, 6.45) is 2.16. The van der Waals surface area contributed by atoms with Crippen LogP contribution in [-0.2, 0) is 6.54 Å². The summed E-state index contributed by atoms with van der Waals surface area (Å²) in [6.45, 7) is 7.18. The Kier molecular flexibility index (Phi) is 5.08. The number of carbonyl (C=O) groups is 1. The number of hydrogen-bond donors (Lipinski definition) is 0. The Hall–Kier alpha value is -2.43. The van der Waals surface area contributed by atoms with Crippen molar-refractivity contribution >= 4 is 11.9 Å². The third-order valence-corrected chi connectivity index (χ3v) is 4.34. The molecule has 2 aromatic rings. The van der Waals surface area contributed by atoms with Crippen molar-refractivity contribution in [3.63, 3.8) is 0 Å². The Labute approximate surface area is 143 Å². The lowest BCUT2D eigenvalue weighted by molar-refractivity contribution is 0.0787. The maximum Gasteiger partial charge on any atom is 0.272 e. The molecule has 0 aliphatic carbocycles. The second kappa shape index (κ2) is 7.43. The monoisotopic (exact) mass is 324 g/mol. The molecular formula is C19H24N4O. The van der Waals surface area contributed by atoms with Crippen LogP contribution in [0.2, 0.25) is 0 Å². The van der Waals surface area contributed by atoms with Gasteiger partial charge in [0.25, 0.3) is 5.91 Å². The van der Waals surface area contributed by atoms with Crippen LogP contribution in [0, 0.1) is 6.92 Å². The molecule has 1 aliphatic heterocycles. The number of rotatable bonds is 5. The maximum absolute atomic E-state index is 12.6. The minimum atomic E-state index is 0.0232. The first kappa shape index (κ1) is 16.4. The van der Waals surface area contributed by atoms with Crippen molar-refractivity contribution in [3.05, 3.63) is 53.3 Å². The SMILES string of the molecule is CCN(Cc1ccccc1)c1nc(C)cc(C(=O)N2CCCC2)n1. The molecule has 1 aromatic carbocycles. The van der Waals surface area contributed by atoms with Gasteiger partial charge in [0.15, 0.2) is 0 Å². The van der Waals surface area contributed by atoms with Gasteiger partial charge >= 0.3 is 0 Å². The Bertz CT molecular complexity index is 696. The third kappa shape index (κ3) is 3.72. The molecule has 126 valence electrons. The molecule has 3 rings (SSSR count). The van der Waals surface area contributed by atoms with Crippen molar-refractivity contribution in [3.8, 4) is 0 Å². The van der Waals surface area contributed by atoms with Gasteiger partial charge in [-0.3, -0.25) is 4.79 Å². The van der Waals surface area contributed by atoms with Crippen molar-refractivity contribution in [1.82, 2.24) is 14.9 Å². The van der Waals surface area contributed by atoms with Gasteiger partial charge in [0, 0.05) is 31.9 Å². The van der Waals surface area contributed by atoms with Gasteiger partial charge in [-0.1, -0.05) is 30.3 Å². The van der Waals surface area contributed by atoms with Crippen LogP contribution in [0.1, 0.15) is 41.5 Å². The van der Waals surface area contributed by atoms with E-state index in [-0.39, 0.29) is 5.91 Å². The summed E-state index contributed by atoms with van der Waals surface area (Å²) < 4.78 is 0. The smallest absolute Gasteiger partial charge is 0.272 e. The second-order valence-corrected chi connectivity index (χ2v) is 6.19. The predicted octanol–water partition coefficient (Wildman–Crippen LogP) is 3.05. The van der Waals surface area contributed by atoms with Gasteiger partial charge in [0.05, 0.1) is 0 Å². The standard InChI is InChI=1S/C19H24N4O/c1-3-22(14-16-9-5-4-6-10-16)19-20-15(2)13-17(21-19)18(24)23-11-7-8-12-23/h4-6,9-10,13H,3,7-8,11-12,14H2,1-2H3. The zero-order valence-electron chi connectivity index (χ0n) is 14.4.